The molecule has 50 valence electrons. The Morgan fingerprint density at radius 2 is 2.11 bits per heavy atom. The van der Waals surface area contributed by atoms with Crippen molar-refractivity contribution in [3.63, 3.8) is 0 Å². The van der Waals surface area contributed by atoms with Gasteiger partial charge in [0.1, 0.15) is 6.29 Å². The summed E-state index contributed by atoms with van der Waals surface area (Å²) in [5, 5.41) is -0.750. The van der Waals surface area contributed by atoms with Gasteiger partial charge in [0, 0.05) is 6.42 Å². The summed E-state index contributed by atoms with van der Waals surface area (Å²) in [5.41, 5.74) is 0. The van der Waals surface area contributed by atoms with E-state index in [1.807, 2.05) is 0 Å². The van der Waals surface area contributed by atoms with E-state index in [9.17, 15) is 14.4 Å². The van der Waals surface area contributed by atoms with Crippen molar-refractivity contribution in [3.05, 3.63) is 0 Å². The van der Waals surface area contributed by atoms with E-state index < -0.39 is 11.0 Å². The average molecular weight is 146 g/mol. The monoisotopic (exact) mass is 146 g/mol. The molecule has 0 rings (SSSR count). The fourth-order valence-corrected chi connectivity index (χ4v) is 0.433. The predicted octanol–water partition coefficient (Wildman–Crippen LogP) is -0.358. The van der Waals surface area contributed by atoms with Crippen molar-refractivity contribution >= 4 is 31.0 Å². The van der Waals surface area contributed by atoms with Gasteiger partial charge in [-0.25, -0.2) is 0 Å². The van der Waals surface area contributed by atoms with Crippen LogP contribution in [0.1, 0.15) is 6.42 Å². The summed E-state index contributed by atoms with van der Waals surface area (Å²) in [7, 11) is 0. The van der Waals surface area contributed by atoms with Crippen LogP contribution < -0.4 is 0 Å². The Hall–Kier alpha value is -0.640. The van der Waals surface area contributed by atoms with E-state index in [-0.39, 0.29) is 12.7 Å². The molecular weight excluding hydrogens is 140 g/mol. The van der Waals surface area contributed by atoms with Gasteiger partial charge in [-0.15, -0.1) is 0 Å². The Kier molecular flexibility index (Phi) is 3.96. The van der Waals surface area contributed by atoms with Crippen molar-refractivity contribution in [2.45, 2.75) is 11.7 Å². The van der Waals surface area contributed by atoms with E-state index in [2.05, 4.69) is 12.6 Å². The first-order valence-electron chi connectivity index (χ1n) is 2.33. The van der Waals surface area contributed by atoms with Crippen LogP contribution in [0.15, 0.2) is 0 Å². The molecule has 9 heavy (non-hydrogen) atoms. The van der Waals surface area contributed by atoms with Crippen LogP contribution >= 0.6 is 12.6 Å². The maximum absolute atomic E-state index is 10.3. The Labute approximate surface area is 57.8 Å². The van der Waals surface area contributed by atoms with Gasteiger partial charge in [0.25, 0.3) is 0 Å². The van der Waals surface area contributed by atoms with Gasteiger partial charge in [0.05, 0.1) is 5.25 Å². The number of carbonyl (C=O) groups excluding carboxylic acids is 3. The second kappa shape index (κ2) is 4.26. The molecule has 0 radical (unpaired) electrons. The molecule has 0 aliphatic carbocycles. The number of aldehydes is 2. The van der Waals surface area contributed by atoms with Crippen molar-refractivity contribution in [2.24, 2.45) is 0 Å². The SMILES string of the molecule is O=CCC(S)C(=O)C=O. The lowest BCUT2D eigenvalue weighted by Gasteiger charge is -1.95. The zero-order valence-electron chi connectivity index (χ0n) is 4.61. The predicted molar refractivity (Wildman–Crippen MR) is 34.5 cm³/mol. The van der Waals surface area contributed by atoms with Crippen LogP contribution in [-0.2, 0) is 14.4 Å². The van der Waals surface area contributed by atoms with E-state index in [0.29, 0.717) is 6.29 Å². The number of Topliss-reactive ketones (excluding diaryl/α,β-unsaturated/α-hetero) is 1. The van der Waals surface area contributed by atoms with Crippen LogP contribution in [-0.4, -0.2) is 23.6 Å². The van der Waals surface area contributed by atoms with E-state index in [4.69, 9.17) is 0 Å². The van der Waals surface area contributed by atoms with Gasteiger partial charge >= 0.3 is 0 Å². The molecule has 3 nitrogen and oxygen atoms in total. The fourth-order valence-electron chi connectivity index (χ4n) is 0.286. The first-order chi connectivity index (χ1) is 4.22. The van der Waals surface area contributed by atoms with Gasteiger partial charge < -0.3 is 4.79 Å². The highest BCUT2D eigenvalue weighted by molar-refractivity contribution is 7.82. The Balaban J connectivity index is 3.71. The van der Waals surface area contributed by atoms with Gasteiger partial charge in [-0.2, -0.15) is 12.6 Å². The quantitative estimate of drug-likeness (QED) is 0.335. The molecule has 0 saturated heterocycles. The fraction of sp³-hybridized carbons (Fsp3) is 0.400. The summed E-state index contributed by atoms with van der Waals surface area (Å²) < 4.78 is 0. The van der Waals surface area contributed by atoms with Gasteiger partial charge in [-0.05, 0) is 0 Å². The third-order valence-electron chi connectivity index (χ3n) is 0.764. The number of thiol groups is 1. The van der Waals surface area contributed by atoms with Crippen molar-refractivity contribution < 1.29 is 14.4 Å². The third-order valence-corrected chi connectivity index (χ3v) is 1.23. The van der Waals surface area contributed by atoms with Crippen molar-refractivity contribution in [2.75, 3.05) is 0 Å². The average Bonchev–Trinajstić information content (AvgIpc) is 1.87. The number of rotatable bonds is 4. The summed E-state index contributed by atoms with van der Waals surface area (Å²) in [6, 6.07) is 0. The molecule has 0 aliphatic heterocycles. The topological polar surface area (TPSA) is 51.2 Å². The molecule has 0 N–H and O–H groups in total. The molecule has 0 fully saturated rings. The maximum Gasteiger partial charge on any atom is 0.208 e. The highest BCUT2D eigenvalue weighted by Crippen LogP contribution is 1.97. The number of hydrogen-bond donors (Lipinski definition) is 1. The van der Waals surface area contributed by atoms with E-state index in [0.717, 1.165) is 0 Å². The minimum atomic E-state index is -0.750. The molecule has 0 spiro atoms. The molecule has 0 amide bonds. The summed E-state index contributed by atoms with van der Waals surface area (Å²) in [5.74, 6) is -0.648. The molecule has 0 aromatic carbocycles. The zero-order chi connectivity index (χ0) is 7.28. The molecule has 1 atom stereocenters. The Morgan fingerprint density at radius 3 is 2.44 bits per heavy atom. The van der Waals surface area contributed by atoms with Crippen LogP contribution in [0, 0.1) is 0 Å². The second-order valence-electron chi connectivity index (χ2n) is 1.44. The lowest BCUT2D eigenvalue weighted by Crippen LogP contribution is -2.15. The molecule has 0 aromatic rings. The summed E-state index contributed by atoms with van der Waals surface area (Å²) >= 11 is 3.67. The molecule has 1 unspecified atom stereocenters. The van der Waals surface area contributed by atoms with E-state index in [1.54, 1.807) is 0 Å². The number of hydrogen-bond acceptors (Lipinski definition) is 4. The Bertz CT molecular complexity index is 132. The molecule has 0 bridgehead atoms. The van der Waals surface area contributed by atoms with Crippen LogP contribution in [0.25, 0.3) is 0 Å². The smallest absolute Gasteiger partial charge is 0.208 e. The lowest BCUT2D eigenvalue weighted by molar-refractivity contribution is -0.129. The largest absolute Gasteiger partial charge is 0.303 e. The third kappa shape index (κ3) is 3.03. The normalized spacial score (nSPS) is 12.1. The van der Waals surface area contributed by atoms with Crippen molar-refractivity contribution in [1.82, 2.24) is 0 Å². The van der Waals surface area contributed by atoms with Crippen molar-refractivity contribution in [3.8, 4) is 0 Å². The van der Waals surface area contributed by atoms with Crippen molar-refractivity contribution in [1.29, 1.82) is 0 Å². The summed E-state index contributed by atoms with van der Waals surface area (Å²) in [6.45, 7) is 0. The minimum Gasteiger partial charge on any atom is -0.303 e. The minimum absolute atomic E-state index is 0.000679. The first kappa shape index (κ1) is 8.36. The van der Waals surface area contributed by atoms with E-state index >= 15 is 0 Å². The van der Waals surface area contributed by atoms with Gasteiger partial charge in [-0.3, -0.25) is 9.59 Å². The Morgan fingerprint density at radius 1 is 1.56 bits per heavy atom. The van der Waals surface area contributed by atoms with Crippen LogP contribution in [0.5, 0.6) is 0 Å². The van der Waals surface area contributed by atoms with Gasteiger partial charge in [0.2, 0.25) is 5.78 Å². The standard InChI is InChI=1S/C5H6O3S/c6-2-1-5(9)4(8)3-7/h2-3,5,9H,1H2. The summed E-state index contributed by atoms with van der Waals surface area (Å²) in [6.07, 6.45) is 0.723. The first-order valence-corrected chi connectivity index (χ1v) is 2.84. The molecule has 0 aromatic heterocycles. The molecule has 0 saturated carbocycles. The van der Waals surface area contributed by atoms with E-state index in [1.165, 1.54) is 0 Å². The zero-order valence-corrected chi connectivity index (χ0v) is 5.51. The van der Waals surface area contributed by atoms with Gasteiger partial charge in [0.15, 0.2) is 6.29 Å². The maximum atomic E-state index is 10.3. The lowest BCUT2D eigenvalue weighted by atomic mass is 10.2. The highest BCUT2D eigenvalue weighted by Gasteiger charge is 2.10. The van der Waals surface area contributed by atoms with Gasteiger partial charge in [-0.1, -0.05) is 0 Å². The number of ketones is 1. The van der Waals surface area contributed by atoms with Crippen LogP contribution in [0.4, 0.5) is 0 Å². The second-order valence-corrected chi connectivity index (χ2v) is 2.06. The number of carbonyl (C=O) groups is 3. The van der Waals surface area contributed by atoms with Crippen LogP contribution in [0.3, 0.4) is 0 Å². The summed E-state index contributed by atoms with van der Waals surface area (Å²) in [4.78, 5) is 29.7. The highest BCUT2D eigenvalue weighted by atomic mass is 32.1. The van der Waals surface area contributed by atoms with Crippen LogP contribution in [0.2, 0.25) is 0 Å². The molecule has 4 heteroatoms. The molecule has 0 heterocycles. The molecule has 0 aliphatic rings. The molecular formula is C5H6O3S.